The molecular weight excluding hydrogens is 334 g/mol. The first kappa shape index (κ1) is 15.6. The molecule has 0 saturated carbocycles. The number of aromatic nitrogens is 2. The number of hydrogen-bond donors (Lipinski definition) is 2. The number of methoxy groups -OCH3 is 1. The van der Waals surface area contributed by atoms with Crippen molar-refractivity contribution in [2.75, 3.05) is 12.8 Å². The van der Waals surface area contributed by atoms with E-state index in [0.29, 0.717) is 27.4 Å². The predicted octanol–water partition coefficient (Wildman–Crippen LogP) is 3.50. The number of benzene rings is 1. The van der Waals surface area contributed by atoms with Gasteiger partial charge in [0.1, 0.15) is 5.82 Å². The second-order valence-corrected chi connectivity index (χ2v) is 6.61. The number of nitrogen functional groups attached to an aromatic ring is 1. The van der Waals surface area contributed by atoms with E-state index in [1.54, 1.807) is 18.2 Å². The maximum Gasteiger partial charge on any atom is 0.172 e. The van der Waals surface area contributed by atoms with E-state index in [4.69, 9.17) is 10.5 Å². The molecule has 1 heterocycles. The Bertz CT molecular complexity index is 681. The summed E-state index contributed by atoms with van der Waals surface area (Å²) in [7, 11) is 1.49. The Balaban J connectivity index is 2.62. The molecule has 1 aromatic carbocycles. The number of aromatic hydroxyl groups is 1. The molecular formula is C15H18BrN3O2. The number of anilines is 1. The maximum atomic E-state index is 9.87. The zero-order chi connectivity index (χ0) is 15.8. The van der Waals surface area contributed by atoms with E-state index in [2.05, 4.69) is 46.7 Å². The molecule has 0 atom stereocenters. The largest absolute Gasteiger partial charge is 0.503 e. The predicted molar refractivity (Wildman–Crippen MR) is 86.5 cm³/mol. The van der Waals surface area contributed by atoms with Gasteiger partial charge < -0.3 is 15.6 Å². The van der Waals surface area contributed by atoms with Crippen molar-refractivity contribution in [2.45, 2.75) is 26.2 Å². The van der Waals surface area contributed by atoms with Crippen LogP contribution in [-0.2, 0) is 5.41 Å². The van der Waals surface area contributed by atoms with Gasteiger partial charge in [0.15, 0.2) is 17.3 Å². The smallest absolute Gasteiger partial charge is 0.172 e. The Morgan fingerprint density at radius 3 is 2.43 bits per heavy atom. The van der Waals surface area contributed by atoms with E-state index in [-0.39, 0.29) is 11.2 Å². The molecule has 112 valence electrons. The topological polar surface area (TPSA) is 81.3 Å². The summed E-state index contributed by atoms with van der Waals surface area (Å²) < 4.78 is 5.66. The zero-order valence-electron chi connectivity index (χ0n) is 12.4. The summed E-state index contributed by atoms with van der Waals surface area (Å²) in [6.07, 6.45) is 0. The lowest BCUT2D eigenvalue weighted by molar-refractivity contribution is 0.372. The first-order valence-corrected chi connectivity index (χ1v) is 7.23. The van der Waals surface area contributed by atoms with Crippen LogP contribution in [-0.4, -0.2) is 22.2 Å². The standard InChI is InChI=1S/C15H18BrN3O2/c1-15(2,3)11-7-12(17)19-14(18-11)8-5-9(16)13(20)10(6-8)21-4/h5-7,20H,1-4H3,(H2,17,18,19). The van der Waals surface area contributed by atoms with Crippen LogP contribution in [0.4, 0.5) is 5.82 Å². The third-order valence-corrected chi connectivity index (χ3v) is 3.63. The van der Waals surface area contributed by atoms with Gasteiger partial charge in [0.2, 0.25) is 0 Å². The minimum Gasteiger partial charge on any atom is -0.503 e. The maximum absolute atomic E-state index is 9.87. The van der Waals surface area contributed by atoms with Gasteiger partial charge in [0, 0.05) is 17.0 Å². The summed E-state index contributed by atoms with van der Waals surface area (Å²) in [5.41, 5.74) is 7.33. The molecule has 0 unspecified atom stereocenters. The zero-order valence-corrected chi connectivity index (χ0v) is 14.0. The molecule has 6 heteroatoms. The summed E-state index contributed by atoms with van der Waals surface area (Å²) in [6, 6.07) is 5.19. The van der Waals surface area contributed by atoms with Crippen molar-refractivity contribution in [3.8, 4) is 22.9 Å². The quantitative estimate of drug-likeness (QED) is 0.865. The van der Waals surface area contributed by atoms with Crippen LogP contribution in [0.3, 0.4) is 0 Å². The minimum absolute atomic E-state index is 0.0428. The SMILES string of the molecule is COc1cc(-c2nc(N)cc(C(C)(C)C)n2)cc(Br)c1O. The van der Waals surface area contributed by atoms with Gasteiger partial charge in [-0.2, -0.15) is 0 Å². The lowest BCUT2D eigenvalue weighted by Gasteiger charge is -2.19. The van der Waals surface area contributed by atoms with Gasteiger partial charge in [0.05, 0.1) is 17.3 Å². The highest BCUT2D eigenvalue weighted by Crippen LogP contribution is 2.38. The van der Waals surface area contributed by atoms with Crippen LogP contribution in [0.2, 0.25) is 0 Å². The van der Waals surface area contributed by atoms with Gasteiger partial charge in [0.25, 0.3) is 0 Å². The van der Waals surface area contributed by atoms with Gasteiger partial charge in [-0.1, -0.05) is 20.8 Å². The van der Waals surface area contributed by atoms with Crippen LogP contribution in [0.15, 0.2) is 22.7 Å². The first-order valence-electron chi connectivity index (χ1n) is 6.44. The molecule has 0 bridgehead atoms. The van der Waals surface area contributed by atoms with Gasteiger partial charge in [-0.3, -0.25) is 0 Å². The molecule has 0 spiro atoms. The Kier molecular flexibility index (Phi) is 4.09. The van der Waals surface area contributed by atoms with Crippen molar-refractivity contribution in [3.63, 3.8) is 0 Å². The van der Waals surface area contributed by atoms with Crippen molar-refractivity contribution < 1.29 is 9.84 Å². The molecule has 0 fully saturated rings. The lowest BCUT2D eigenvalue weighted by atomic mass is 9.92. The van der Waals surface area contributed by atoms with E-state index in [9.17, 15) is 5.11 Å². The number of nitrogens with zero attached hydrogens (tertiary/aromatic N) is 2. The van der Waals surface area contributed by atoms with Crippen LogP contribution in [0, 0.1) is 0 Å². The van der Waals surface area contributed by atoms with Gasteiger partial charge >= 0.3 is 0 Å². The van der Waals surface area contributed by atoms with Crippen molar-refractivity contribution in [1.29, 1.82) is 0 Å². The molecule has 0 aliphatic rings. The molecule has 0 aliphatic carbocycles. The van der Waals surface area contributed by atoms with E-state index in [1.165, 1.54) is 7.11 Å². The van der Waals surface area contributed by atoms with Crippen molar-refractivity contribution >= 4 is 21.7 Å². The minimum atomic E-state index is -0.135. The average Bonchev–Trinajstić information content (AvgIpc) is 2.40. The van der Waals surface area contributed by atoms with Crippen LogP contribution in [0.5, 0.6) is 11.5 Å². The highest BCUT2D eigenvalue weighted by molar-refractivity contribution is 9.10. The van der Waals surface area contributed by atoms with E-state index < -0.39 is 0 Å². The summed E-state index contributed by atoms with van der Waals surface area (Å²) >= 11 is 3.29. The molecule has 0 amide bonds. The molecule has 2 rings (SSSR count). The fourth-order valence-corrected chi connectivity index (χ4v) is 2.28. The molecule has 5 nitrogen and oxygen atoms in total. The van der Waals surface area contributed by atoms with Crippen LogP contribution in [0.25, 0.3) is 11.4 Å². The molecule has 0 radical (unpaired) electrons. The summed E-state index contributed by atoms with van der Waals surface area (Å²) in [5, 5.41) is 9.87. The number of nitrogens with two attached hydrogens (primary N) is 1. The van der Waals surface area contributed by atoms with Crippen LogP contribution >= 0.6 is 15.9 Å². The Hall–Kier alpha value is -1.82. The molecule has 21 heavy (non-hydrogen) atoms. The summed E-state index contributed by atoms with van der Waals surface area (Å²) in [6.45, 7) is 6.18. The molecule has 1 aromatic heterocycles. The molecule has 0 saturated heterocycles. The fraction of sp³-hybridized carbons (Fsp3) is 0.333. The van der Waals surface area contributed by atoms with E-state index in [0.717, 1.165) is 5.69 Å². The van der Waals surface area contributed by atoms with Crippen LogP contribution < -0.4 is 10.5 Å². The normalized spacial score (nSPS) is 11.5. The van der Waals surface area contributed by atoms with Gasteiger partial charge in [-0.15, -0.1) is 0 Å². The molecule has 0 aliphatic heterocycles. The number of phenolic OH excluding ortho intramolecular Hbond substituents is 1. The highest BCUT2D eigenvalue weighted by Gasteiger charge is 2.19. The first-order chi connectivity index (χ1) is 9.72. The number of ether oxygens (including phenoxy) is 1. The van der Waals surface area contributed by atoms with Crippen molar-refractivity contribution in [3.05, 3.63) is 28.4 Å². The van der Waals surface area contributed by atoms with Crippen molar-refractivity contribution in [2.24, 2.45) is 0 Å². The van der Waals surface area contributed by atoms with E-state index in [1.807, 2.05) is 0 Å². The van der Waals surface area contributed by atoms with Gasteiger partial charge in [-0.05, 0) is 28.1 Å². The monoisotopic (exact) mass is 351 g/mol. The highest BCUT2D eigenvalue weighted by atomic mass is 79.9. The number of phenols is 1. The summed E-state index contributed by atoms with van der Waals surface area (Å²) in [4.78, 5) is 8.84. The fourth-order valence-electron chi connectivity index (χ4n) is 1.84. The molecule has 2 aromatic rings. The number of halogens is 1. The third kappa shape index (κ3) is 3.26. The number of hydrogen-bond acceptors (Lipinski definition) is 5. The third-order valence-electron chi connectivity index (χ3n) is 3.02. The van der Waals surface area contributed by atoms with E-state index >= 15 is 0 Å². The average molecular weight is 352 g/mol. The lowest BCUT2D eigenvalue weighted by Crippen LogP contribution is -2.15. The summed E-state index contributed by atoms with van der Waals surface area (Å²) in [5.74, 6) is 1.30. The van der Waals surface area contributed by atoms with Gasteiger partial charge in [-0.25, -0.2) is 9.97 Å². The second kappa shape index (κ2) is 5.52. The Labute approximate surface area is 132 Å². The molecule has 3 N–H and O–H groups in total. The number of rotatable bonds is 2. The Morgan fingerprint density at radius 2 is 1.86 bits per heavy atom. The second-order valence-electron chi connectivity index (χ2n) is 5.76. The van der Waals surface area contributed by atoms with Crippen LogP contribution in [0.1, 0.15) is 26.5 Å². The van der Waals surface area contributed by atoms with Crippen molar-refractivity contribution in [1.82, 2.24) is 9.97 Å². The Morgan fingerprint density at radius 1 is 1.19 bits per heavy atom.